The molecule has 1 aromatic heterocycles. The van der Waals surface area contributed by atoms with Gasteiger partial charge in [-0.15, -0.1) is 0 Å². The number of piperidine rings is 1. The van der Waals surface area contributed by atoms with Crippen LogP contribution in [0.1, 0.15) is 50.5 Å². The highest BCUT2D eigenvalue weighted by atomic mass is 15.2. The smallest absolute Gasteiger partial charge is 0.129 e. The lowest BCUT2D eigenvalue weighted by atomic mass is 9.91. The van der Waals surface area contributed by atoms with Crippen molar-refractivity contribution in [3.05, 3.63) is 72.3 Å². The second-order valence-electron chi connectivity index (χ2n) is 8.14. The predicted molar refractivity (Wildman–Crippen MR) is 119 cm³/mol. The fourth-order valence-electron chi connectivity index (χ4n) is 4.36. The van der Waals surface area contributed by atoms with Crippen molar-refractivity contribution in [1.29, 1.82) is 0 Å². The Morgan fingerprint density at radius 3 is 2.46 bits per heavy atom. The van der Waals surface area contributed by atoms with Crippen LogP contribution in [0.15, 0.2) is 60.7 Å². The van der Waals surface area contributed by atoms with E-state index in [-0.39, 0.29) is 0 Å². The maximum absolute atomic E-state index is 4.84. The first-order valence-corrected chi connectivity index (χ1v) is 10.9. The monoisotopic (exact) mass is 371 g/mol. The number of para-hydroxylation sites is 1. The van der Waals surface area contributed by atoms with Crippen LogP contribution in [-0.4, -0.2) is 18.1 Å². The van der Waals surface area contributed by atoms with Crippen molar-refractivity contribution in [1.82, 2.24) is 4.98 Å². The Bertz CT molecular complexity index is 850. The first kappa shape index (κ1) is 19.0. The number of hydrogen-bond acceptors (Lipinski definition) is 2. The molecule has 0 atom stereocenters. The van der Waals surface area contributed by atoms with Crippen LogP contribution in [0.3, 0.4) is 0 Å². The lowest BCUT2D eigenvalue weighted by molar-refractivity contribution is 0.365. The standard InChI is InChI=1S/C26H31N2/c1(4-10-22-11-6-3-7-12-22)2-5-13-23-18-20-28(21-19-23)26-17-16-24-14-8-9-15-25(24)27-26/h3,6-9,11-12,14-15,17,23H,1-2,4-5,10,13,18-21H2. The summed E-state index contributed by atoms with van der Waals surface area (Å²) < 4.78 is 0. The first-order valence-electron chi connectivity index (χ1n) is 10.9. The van der Waals surface area contributed by atoms with E-state index in [2.05, 4.69) is 65.6 Å². The molecular formula is C26H31N2. The number of anilines is 1. The van der Waals surface area contributed by atoms with Gasteiger partial charge in [0, 0.05) is 18.5 Å². The SMILES string of the molecule is [c]1cc(N2CCC(CCCCCCc3ccccc3)CC2)nc2ccccc12. The summed E-state index contributed by atoms with van der Waals surface area (Å²) in [6, 6.07) is 24.6. The Balaban J connectivity index is 1.14. The van der Waals surface area contributed by atoms with Crippen molar-refractivity contribution in [2.75, 3.05) is 18.0 Å². The van der Waals surface area contributed by atoms with Crippen molar-refractivity contribution in [3.63, 3.8) is 0 Å². The molecule has 0 aliphatic carbocycles. The summed E-state index contributed by atoms with van der Waals surface area (Å²) in [7, 11) is 0. The summed E-state index contributed by atoms with van der Waals surface area (Å²) >= 11 is 0. The van der Waals surface area contributed by atoms with Crippen LogP contribution in [0, 0.1) is 12.0 Å². The number of aryl methyl sites for hydroxylation is 1. The number of benzene rings is 2. The zero-order valence-electron chi connectivity index (χ0n) is 16.8. The minimum atomic E-state index is 0.898. The van der Waals surface area contributed by atoms with E-state index >= 15 is 0 Å². The summed E-state index contributed by atoms with van der Waals surface area (Å²) in [6.45, 7) is 2.27. The zero-order chi connectivity index (χ0) is 19.0. The van der Waals surface area contributed by atoms with Crippen LogP contribution in [0.2, 0.25) is 0 Å². The molecular weight excluding hydrogens is 340 g/mol. The minimum absolute atomic E-state index is 0.898. The molecule has 2 aromatic carbocycles. The quantitative estimate of drug-likeness (QED) is 0.423. The molecule has 0 unspecified atom stereocenters. The number of nitrogens with zero attached hydrogens (tertiary/aromatic N) is 2. The molecule has 2 nitrogen and oxygen atoms in total. The van der Waals surface area contributed by atoms with E-state index in [1.807, 2.05) is 6.07 Å². The molecule has 4 rings (SSSR count). The summed E-state index contributed by atoms with van der Waals surface area (Å²) in [5, 5.41) is 1.11. The van der Waals surface area contributed by atoms with Crippen molar-refractivity contribution in [2.45, 2.75) is 51.4 Å². The predicted octanol–water partition coefficient (Wildman–Crippen LogP) is 6.44. The third kappa shape index (κ3) is 5.13. The van der Waals surface area contributed by atoms with E-state index in [1.54, 1.807) is 0 Å². The van der Waals surface area contributed by atoms with Crippen LogP contribution >= 0.6 is 0 Å². The minimum Gasteiger partial charge on any atom is -0.357 e. The molecule has 1 aliphatic rings. The molecule has 0 bridgehead atoms. The average molecular weight is 372 g/mol. The van der Waals surface area contributed by atoms with Gasteiger partial charge in [-0.3, -0.25) is 0 Å². The fourth-order valence-corrected chi connectivity index (χ4v) is 4.36. The van der Waals surface area contributed by atoms with Crippen molar-refractivity contribution >= 4 is 16.7 Å². The van der Waals surface area contributed by atoms with Crippen LogP contribution < -0.4 is 4.90 Å². The van der Waals surface area contributed by atoms with Gasteiger partial charge >= 0.3 is 0 Å². The molecule has 28 heavy (non-hydrogen) atoms. The molecule has 1 saturated heterocycles. The van der Waals surface area contributed by atoms with Crippen molar-refractivity contribution in [2.24, 2.45) is 5.92 Å². The molecule has 145 valence electrons. The van der Waals surface area contributed by atoms with Gasteiger partial charge in [0.2, 0.25) is 0 Å². The van der Waals surface area contributed by atoms with E-state index in [4.69, 9.17) is 4.98 Å². The Morgan fingerprint density at radius 1 is 0.857 bits per heavy atom. The Hall–Kier alpha value is -2.35. The Kier molecular flexibility index (Phi) is 6.60. The molecule has 2 heterocycles. The van der Waals surface area contributed by atoms with Gasteiger partial charge in [0.05, 0.1) is 5.52 Å². The highest BCUT2D eigenvalue weighted by Crippen LogP contribution is 2.27. The average Bonchev–Trinajstić information content (AvgIpc) is 2.77. The third-order valence-corrected chi connectivity index (χ3v) is 6.10. The largest absolute Gasteiger partial charge is 0.357 e. The van der Waals surface area contributed by atoms with Crippen LogP contribution in [0.25, 0.3) is 10.9 Å². The van der Waals surface area contributed by atoms with Crippen LogP contribution in [-0.2, 0) is 6.42 Å². The molecule has 3 aromatic rings. The molecule has 0 spiro atoms. The molecule has 0 amide bonds. The summed E-state index contributed by atoms with van der Waals surface area (Å²) in [6.07, 6.45) is 10.7. The van der Waals surface area contributed by atoms with E-state index in [0.29, 0.717) is 0 Å². The number of pyridine rings is 1. The first-order chi connectivity index (χ1) is 13.9. The lowest BCUT2D eigenvalue weighted by Gasteiger charge is -2.33. The van der Waals surface area contributed by atoms with Gasteiger partial charge in [0.15, 0.2) is 0 Å². The fraction of sp³-hybridized carbons (Fsp3) is 0.423. The summed E-state index contributed by atoms with van der Waals surface area (Å²) in [4.78, 5) is 7.28. The van der Waals surface area contributed by atoms with Gasteiger partial charge in [-0.1, -0.05) is 74.2 Å². The maximum atomic E-state index is 4.84. The van der Waals surface area contributed by atoms with E-state index in [0.717, 1.165) is 35.7 Å². The normalized spacial score (nSPS) is 15.2. The molecule has 1 radical (unpaired) electrons. The number of rotatable bonds is 8. The second kappa shape index (κ2) is 9.73. The topological polar surface area (TPSA) is 16.1 Å². The van der Waals surface area contributed by atoms with Gasteiger partial charge in [-0.05, 0) is 55.4 Å². The third-order valence-electron chi connectivity index (χ3n) is 6.10. The van der Waals surface area contributed by atoms with Gasteiger partial charge < -0.3 is 4.90 Å². The Labute approximate surface area is 169 Å². The van der Waals surface area contributed by atoms with Gasteiger partial charge in [-0.25, -0.2) is 4.98 Å². The molecule has 0 saturated carbocycles. The molecule has 1 fully saturated rings. The Morgan fingerprint density at radius 2 is 1.61 bits per heavy atom. The number of aromatic nitrogens is 1. The highest BCUT2D eigenvalue weighted by molar-refractivity contribution is 5.79. The second-order valence-corrected chi connectivity index (χ2v) is 8.14. The van der Waals surface area contributed by atoms with E-state index in [9.17, 15) is 0 Å². The molecule has 0 N–H and O–H groups in total. The van der Waals surface area contributed by atoms with Crippen LogP contribution in [0.4, 0.5) is 5.82 Å². The van der Waals surface area contributed by atoms with E-state index in [1.165, 1.54) is 56.9 Å². The summed E-state index contributed by atoms with van der Waals surface area (Å²) in [5.41, 5.74) is 2.53. The number of unbranched alkanes of at least 4 members (excludes halogenated alkanes) is 3. The zero-order valence-corrected chi connectivity index (χ0v) is 16.8. The number of hydrogen-bond donors (Lipinski definition) is 0. The maximum Gasteiger partial charge on any atom is 0.129 e. The lowest BCUT2D eigenvalue weighted by Crippen LogP contribution is -2.34. The number of fused-ring (bicyclic) bond motifs is 1. The van der Waals surface area contributed by atoms with Gasteiger partial charge in [-0.2, -0.15) is 0 Å². The summed E-state index contributed by atoms with van der Waals surface area (Å²) in [5.74, 6) is 1.99. The van der Waals surface area contributed by atoms with Gasteiger partial charge in [0.25, 0.3) is 0 Å². The van der Waals surface area contributed by atoms with E-state index < -0.39 is 0 Å². The van der Waals surface area contributed by atoms with Crippen LogP contribution in [0.5, 0.6) is 0 Å². The van der Waals surface area contributed by atoms with Crippen molar-refractivity contribution in [3.8, 4) is 0 Å². The highest BCUT2D eigenvalue weighted by Gasteiger charge is 2.20. The van der Waals surface area contributed by atoms with Crippen molar-refractivity contribution < 1.29 is 0 Å². The molecule has 1 aliphatic heterocycles. The molecule has 2 heteroatoms. The van der Waals surface area contributed by atoms with Gasteiger partial charge in [0.1, 0.15) is 5.82 Å².